The molecule has 1 unspecified atom stereocenters. The maximum absolute atomic E-state index is 12.8. The molecule has 1 aromatic carbocycles. The van der Waals surface area contributed by atoms with Crippen LogP contribution >= 0.6 is 0 Å². The Kier molecular flexibility index (Phi) is 5.48. The normalized spacial score (nSPS) is 20.9. The molecule has 0 radical (unpaired) electrons. The third-order valence-electron chi connectivity index (χ3n) is 6.29. The predicted molar refractivity (Wildman–Crippen MR) is 119 cm³/mol. The lowest BCUT2D eigenvalue weighted by atomic mass is 10.0. The second kappa shape index (κ2) is 8.58. The van der Waals surface area contributed by atoms with Gasteiger partial charge in [-0.1, -0.05) is 12.1 Å². The van der Waals surface area contributed by atoms with Crippen LogP contribution in [0.2, 0.25) is 0 Å². The van der Waals surface area contributed by atoms with Crippen LogP contribution in [0.3, 0.4) is 0 Å². The number of pyridine rings is 1. The van der Waals surface area contributed by atoms with Crippen LogP contribution in [0.25, 0.3) is 0 Å². The number of aromatic nitrogens is 1. The van der Waals surface area contributed by atoms with Crippen LogP contribution in [-0.2, 0) is 22.7 Å². The second-order valence-electron chi connectivity index (χ2n) is 8.38. The summed E-state index contributed by atoms with van der Waals surface area (Å²) in [5, 5.41) is 9.02. The zero-order valence-corrected chi connectivity index (χ0v) is 17.8. The minimum absolute atomic E-state index is 0.154. The smallest absolute Gasteiger partial charge is 0.255 e. The van der Waals surface area contributed by atoms with Crippen LogP contribution < -0.4 is 20.9 Å². The number of amides is 3. The summed E-state index contributed by atoms with van der Waals surface area (Å²) in [6.07, 6.45) is 2.52. The number of piperidine rings is 1. The number of hydrogen-bond donors (Lipinski definition) is 3. The van der Waals surface area contributed by atoms with Crippen molar-refractivity contribution in [3.8, 4) is 0 Å². The van der Waals surface area contributed by atoms with Gasteiger partial charge in [0.15, 0.2) is 0 Å². The van der Waals surface area contributed by atoms with E-state index in [9.17, 15) is 14.4 Å². The molecule has 3 aliphatic rings. The summed E-state index contributed by atoms with van der Waals surface area (Å²) < 4.78 is 0. The molecular weight excluding hydrogens is 408 g/mol. The van der Waals surface area contributed by atoms with Gasteiger partial charge in [0.2, 0.25) is 11.8 Å². The van der Waals surface area contributed by atoms with Crippen molar-refractivity contribution >= 4 is 29.2 Å². The summed E-state index contributed by atoms with van der Waals surface area (Å²) in [5.41, 5.74) is 3.69. The lowest BCUT2D eigenvalue weighted by molar-refractivity contribution is -0.136. The minimum Gasteiger partial charge on any atom is -0.368 e. The number of nitrogens with one attached hydrogen (secondary N) is 3. The molecule has 2 aromatic rings. The highest BCUT2D eigenvalue weighted by Gasteiger charge is 2.39. The van der Waals surface area contributed by atoms with Crippen molar-refractivity contribution in [2.24, 2.45) is 0 Å². The third-order valence-corrected chi connectivity index (χ3v) is 6.29. The standard InChI is InChI=1S/C23H26N6O3/c30-21-6-4-19(22(31)27-21)29-14-16-11-15(1-3-18(16)23(29)32)12-25-20-5-2-17(13-26-20)28-9-7-24-8-10-28/h1-3,5,11,13,19,24H,4,6-10,12,14H2,(H,25,26)(H,27,30,31). The number of hydrogen-bond acceptors (Lipinski definition) is 7. The number of piperazine rings is 1. The molecule has 2 saturated heterocycles. The second-order valence-corrected chi connectivity index (χ2v) is 8.38. The van der Waals surface area contributed by atoms with Crippen LogP contribution in [0.15, 0.2) is 36.5 Å². The van der Waals surface area contributed by atoms with E-state index < -0.39 is 6.04 Å². The number of carbonyl (C=O) groups excluding carboxylic acids is 3. The van der Waals surface area contributed by atoms with Crippen LogP contribution in [0.5, 0.6) is 0 Å². The van der Waals surface area contributed by atoms with E-state index in [4.69, 9.17) is 0 Å². The zero-order valence-electron chi connectivity index (χ0n) is 17.8. The number of anilines is 2. The van der Waals surface area contributed by atoms with Gasteiger partial charge < -0.3 is 20.4 Å². The zero-order chi connectivity index (χ0) is 22.1. The van der Waals surface area contributed by atoms with Crippen molar-refractivity contribution in [3.63, 3.8) is 0 Å². The molecule has 3 N–H and O–H groups in total. The van der Waals surface area contributed by atoms with E-state index in [1.807, 2.05) is 30.5 Å². The minimum atomic E-state index is -0.590. The van der Waals surface area contributed by atoms with E-state index in [-0.39, 0.29) is 24.1 Å². The van der Waals surface area contributed by atoms with Gasteiger partial charge in [-0.25, -0.2) is 4.98 Å². The maximum atomic E-state index is 12.8. The Bertz CT molecular complexity index is 1050. The average molecular weight is 435 g/mol. The topological polar surface area (TPSA) is 107 Å². The molecule has 0 aliphatic carbocycles. The predicted octanol–water partition coefficient (Wildman–Crippen LogP) is 0.864. The van der Waals surface area contributed by atoms with E-state index >= 15 is 0 Å². The van der Waals surface area contributed by atoms with Gasteiger partial charge in [-0.3, -0.25) is 19.7 Å². The molecule has 5 rings (SSSR count). The monoisotopic (exact) mass is 434 g/mol. The van der Waals surface area contributed by atoms with Crippen molar-refractivity contribution in [3.05, 3.63) is 53.2 Å². The van der Waals surface area contributed by atoms with Gasteiger partial charge in [-0.15, -0.1) is 0 Å². The first-order valence-corrected chi connectivity index (χ1v) is 11.0. The van der Waals surface area contributed by atoms with Crippen LogP contribution in [0, 0.1) is 0 Å². The van der Waals surface area contributed by atoms with Gasteiger partial charge >= 0.3 is 0 Å². The molecule has 2 fully saturated rings. The number of nitrogens with zero attached hydrogens (tertiary/aromatic N) is 3. The Balaban J connectivity index is 1.22. The largest absolute Gasteiger partial charge is 0.368 e. The fourth-order valence-electron chi connectivity index (χ4n) is 4.53. The summed E-state index contributed by atoms with van der Waals surface area (Å²) in [6, 6.07) is 9.22. The van der Waals surface area contributed by atoms with Crippen molar-refractivity contribution in [1.29, 1.82) is 0 Å². The first-order valence-electron chi connectivity index (χ1n) is 11.0. The number of rotatable bonds is 5. The molecule has 3 aliphatic heterocycles. The molecule has 32 heavy (non-hydrogen) atoms. The Morgan fingerprint density at radius 3 is 2.69 bits per heavy atom. The summed E-state index contributed by atoms with van der Waals surface area (Å²) >= 11 is 0. The summed E-state index contributed by atoms with van der Waals surface area (Å²) in [6.45, 7) is 4.91. The molecule has 0 saturated carbocycles. The van der Waals surface area contributed by atoms with E-state index in [1.165, 1.54) is 0 Å². The molecule has 0 spiro atoms. The van der Waals surface area contributed by atoms with Crippen LogP contribution in [-0.4, -0.2) is 59.8 Å². The van der Waals surface area contributed by atoms with Gasteiger partial charge in [0.25, 0.3) is 5.91 Å². The maximum Gasteiger partial charge on any atom is 0.255 e. The highest BCUT2D eigenvalue weighted by atomic mass is 16.2. The quantitative estimate of drug-likeness (QED) is 0.600. The lowest BCUT2D eigenvalue weighted by Crippen LogP contribution is -2.52. The van der Waals surface area contributed by atoms with Crippen molar-refractivity contribution in [1.82, 2.24) is 20.5 Å². The van der Waals surface area contributed by atoms with Gasteiger partial charge in [-0.05, 0) is 35.7 Å². The highest BCUT2D eigenvalue weighted by Crippen LogP contribution is 2.28. The molecule has 0 bridgehead atoms. The van der Waals surface area contributed by atoms with Crippen molar-refractivity contribution in [2.45, 2.75) is 32.0 Å². The first kappa shape index (κ1) is 20.4. The summed E-state index contributed by atoms with van der Waals surface area (Å²) in [4.78, 5) is 44.8. The number of fused-ring (bicyclic) bond motifs is 1. The van der Waals surface area contributed by atoms with Gasteiger partial charge in [0.05, 0.1) is 11.9 Å². The Morgan fingerprint density at radius 1 is 1.09 bits per heavy atom. The average Bonchev–Trinajstić information content (AvgIpc) is 3.14. The summed E-state index contributed by atoms with van der Waals surface area (Å²) in [7, 11) is 0. The molecule has 1 aromatic heterocycles. The van der Waals surface area contributed by atoms with Crippen molar-refractivity contribution < 1.29 is 14.4 Å². The molecular formula is C23H26N6O3. The molecule has 9 heteroatoms. The SMILES string of the molecule is O=C1CCC(N2Cc3cc(CNc4ccc(N5CCNCC5)cn4)ccc3C2=O)C(=O)N1. The fraction of sp³-hybridized carbons (Fsp3) is 0.391. The molecule has 4 heterocycles. The van der Waals surface area contributed by atoms with Crippen molar-refractivity contribution in [2.75, 3.05) is 36.4 Å². The van der Waals surface area contributed by atoms with E-state index in [0.717, 1.165) is 48.8 Å². The Hall–Kier alpha value is -3.46. The number of benzene rings is 1. The Labute approximate surface area is 186 Å². The first-order chi connectivity index (χ1) is 15.6. The highest BCUT2D eigenvalue weighted by molar-refractivity contribution is 6.05. The van der Waals surface area contributed by atoms with E-state index in [0.29, 0.717) is 25.1 Å². The molecule has 1 atom stereocenters. The number of imide groups is 1. The van der Waals surface area contributed by atoms with E-state index in [1.54, 1.807) is 4.90 Å². The van der Waals surface area contributed by atoms with Crippen LogP contribution in [0.1, 0.15) is 34.3 Å². The van der Waals surface area contributed by atoms with E-state index in [2.05, 4.69) is 31.9 Å². The lowest BCUT2D eigenvalue weighted by Gasteiger charge is -2.29. The third kappa shape index (κ3) is 4.03. The van der Waals surface area contributed by atoms with Gasteiger partial charge in [-0.2, -0.15) is 0 Å². The number of carbonyl (C=O) groups is 3. The van der Waals surface area contributed by atoms with Gasteiger partial charge in [0, 0.05) is 51.3 Å². The molecule has 166 valence electrons. The van der Waals surface area contributed by atoms with Gasteiger partial charge in [0.1, 0.15) is 11.9 Å². The fourth-order valence-corrected chi connectivity index (χ4v) is 4.53. The Morgan fingerprint density at radius 2 is 1.94 bits per heavy atom. The van der Waals surface area contributed by atoms with Crippen LogP contribution in [0.4, 0.5) is 11.5 Å². The summed E-state index contributed by atoms with van der Waals surface area (Å²) in [5.74, 6) is -0.0252. The molecule has 3 amide bonds. The molecule has 9 nitrogen and oxygen atoms in total.